The van der Waals surface area contributed by atoms with E-state index in [1.807, 2.05) is 12.1 Å². The zero-order valence-electron chi connectivity index (χ0n) is 16.5. The number of aromatic amines is 1. The van der Waals surface area contributed by atoms with E-state index in [1.165, 1.54) is 5.56 Å². The molecule has 0 saturated carbocycles. The van der Waals surface area contributed by atoms with Gasteiger partial charge in [0.25, 0.3) is 0 Å². The van der Waals surface area contributed by atoms with Crippen LogP contribution < -0.4 is 0 Å². The predicted octanol–water partition coefficient (Wildman–Crippen LogP) is 3.76. The number of H-pyrrole nitrogens is 1. The highest BCUT2D eigenvalue weighted by Crippen LogP contribution is 2.22. The molecule has 0 aliphatic carbocycles. The van der Waals surface area contributed by atoms with E-state index in [4.69, 9.17) is 4.74 Å². The summed E-state index contributed by atoms with van der Waals surface area (Å²) >= 11 is 0. The fourth-order valence-corrected chi connectivity index (χ4v) is 3.09. The van der Waals surface area contributed by atoms with E-state index in [1.54, 1.807) is 6.92 Å². The SMILES string of the molecule is CCOC(=O)c1n[nH]nc1-c1cccc(CN(CC(C)C)CC(C)C)c1. The first-order valence-electron chi connectivity index (χ1n) is 9.30. The van der Waals surface area contributed by atoms with Crippen molar-refractivity contribution in [3.05, 3.63) is 35.5 Å². The van der Waals surface area contributed by atoms with Crippen LogP contribution in [-0.2, 0) is 11.3 Å². The molecule has 0 aliphatic rings. The number of carbonyl (C=O) groups is 1. The second kappa shape index (κ2) is 9.48. The van der Waals surface area contributed by atoms with Crippen molar-refractivity contribution >= 4 is 5.97 Å². The molecule has 6 heteroatoms. The molecule has 142 valence electrons. The molecule has 0 spiro atoms. The lowest BCUT2D eigenvalue weighted by molar-refractivity contribution is 0.0520. The van der Waals surface area contributed by atoms with Gasteiger partial charge in [0.1, 0.15) is 5.69 Å². The van der Waals surface area contributed by atoms with E-state index in [0.29, 0.717) is 24.1 Å². The third kappa shape index (κ3) is 5.66. The minimum absolute atomic E-state index is 0.227. The fraction of sp³-hybridized carbons (Fsp3) is 0.550. The molecule has 0 fully saturated rings. The summed E-state index contributed by atoms with van der Waals surface area (Å²) in [5.74, 6) is 0.772. The molecule has 1 aromatic heterocycles. The van der Waals surface area contributed by atoms with Gasteiger partial charge in [0.05, 0.1) is 6.61 Å². The molecule has 1 aromatic carbocycles. The first-order chi connectivity index (χ1) is 12.4. The van der Waals surface area contributed by atoms with Crippen LogP contribution in [0.5, 0.6) is 0 Å². The average Bonchev–Trinajstić information content (AvgIpc) is 3.03. The number of aromatic nitrogens is 3. The minimum atomic E-state index is -0.456. The Balaban J connectivity index is 2.22. The molecule has 0 aliphatic heterocycles. The first kappa shape index (κ1) is 20.1. The van der Waals surface area contributed by atoms with Crippen LogP contribution in [0.25, 0.3) is 11.3 Å². The maximum absolute atomic E-state index is 12.1. The number of hydrogen-bond acceptors (Lipinski definition) is 5. The maximum atomic E-state index is 12.1. The molecule has 0 atom stereocenters. The normalized spacial score (nSPS) is 11.5. The quantitative estimate of drug-likeness (QED) is 0.691. The highest BCUT2D eigenvalue weighted by Gasteiger charge is 2.19. The molecular weight excluding hydrogens is 328 g/mol. The van der Waals surface area contributed by atoms with Gasteiger partial charge in [-0.2, -0.15) is 10.3 Å². The molecule has 26 heavy (non-hydrogen) atoms. The summed E-state index contributed by atoms with van der Waals surface area (Å²) in [6, 6.07) is 8.13. The monoisotopic (exact) mass is 358 g/mol. The van der Waals surface area contributed by atoms with Crippen LogP contribution in [0.2, 0.25) is 0 Å². The molecule has 2 rings (SSSR count). The smallest absolute Gasteiger partial charge is 0.361 e. The fourth-order valence-electron chi connectivity index (χ4n) is 3.09. The topological polar surface area (TPSA) is 71.1 Å². The largest absolute Gasteiger partial charge is 0.461 e. The minimum Gasteiger partial charge on any atom is -0.461 e. The number of rotatable bonds is 9. The average molecular weight is 358 g/mol. The third-order valence-corrected chi connectivity index (χ3v) is 3.87. The lowest BCUT2D eigenvalue weighted by Crippen LogP contribution is -2.30. The van der Waals surface area contributed by atoms with Crippen molar-refractivity contribution in [2.45, 2.75) is 41.2 Å². The van der Waals surface area contributed by atoms with Crippen LogP contribution in [0, 0.1) is 11.8 Å². The van der Waals surface area contributed by atoms with E-state index in [2.05, 4.69) is 60.1 Å². The summed E-state index contributed by atoms with van der Waals surface area (Å²) in [5, 5.41) is 10.7. The van der Waals surface area contributed by atoms with Crippen molar-refractivity contribution in [1.29, 1.82) is 0 Å². The van der Waals surface area contributed by atoms with E-state index in [9.17, 15) is 4.79 Å². The van der Waals surface area contributed by atoms with E-state index < -0.39 is 5.97 Å². The van der Waals surface area contributed by atoms with Gasteiger partial charge in [-0.15, -0.1) is 5.10 Å². The van der Waals surface area contributed by atoms with Gasteiger partial charge < -0.3 is 4.74 Å². The standard InChI is InChI=1S/C20H30N4O2/c1-6-26-20(25)19-18(21-23-22-19)17-9-7-8-16(10-17)13-24(11-14(2)3)12-15(4)5/h7-10,14-15H,6,11-13H2,1-5H3,(H,21,22,23). The summed E-state index contributed by atoms with van der Waals surface area (Å²) in [6.45, 7) is 14.0. The Labute approximate surface area is 155 Å². The molecule has 6 nitrogen and oxygen atoms in total. The molecule has 1 heterocycles. The second-order valence-electron chi connectivity index (χ2n) is 7.42. The molecule has 2 aromatic rings. The van der Waals surface area contributed by atoms with Crippen molar-refractivity contribution in [1.82, 2.24) is 20.3 Å². The Morgan fingerprint density at radius 2 is 1.85 bits per heavy atom. The first-order valence-corrected chi connectivity index (χ1v) is 9.30. The van der Waals surface area contributed by atoms with Crippen LogP contribution in [0.15, 0.2) is 24.3 Å². The number of esters is 1. The van der Waals surface area contributed by atoms with Crippen molar-refractivity contribution in [2.24, 2.45) is 11.8 Å². The van der Waals surface area contributed by atoms with Crippen molar-refractivity contribution in [3.63, 3.8) is 0 Å². The molecular formula is C20H30N4O2. The molecule has 0 radical (unpaired) electrons. The van der Waals surface area contributed by atoms with E-state index in [0.717, 1.165) is 25.2 Å². The summed E-state index contributed by atoms with van der Waals surface area (Å²) in [5.41, 5.74) is 2.82. The van der Waals surface area contributed by atoms with E-state index >= 15 is 0 Å². The predicted molar refractivity (Wildman–Crippen MR) is 103 cm³/mol. The van der Waals surface area contributed by atoms with E-state index in [-0.39, 0.29) is 5.69 Å². The zero-order valence-corrected chi connectivity index (χ0v) is 16.5. The summed E-state index contributed by atoms with van der Waals surface area (Å²) < 4.78 is 5.06. The Kier molecular flexibility index (Phi) is 7.33. The van der Waals surface area contributed by atoms with Gasteiger partial charge >= 0.3 is 5.97 Å². The van der Waals surface area contributed by atoms with Gasteiger partial charge in [0.2, 0.25) is 0 Å². The van der Waals surface area contributed by atoms with Gasteiger partial charge in [-0.3, -0.25) is 4.90 Å². The third-order valence-electron chi connectivity index (χ3n) is 3.87. The van der Waals surface area contributed by atoms with Crippen LogP contribution in [0.1, 0.15) is 50.7 Å². The van der Waals surface area contributed by atoms with Crippen LogP contribution >= 0.6 is 0 Å². The number of nitrogens with zero attached hydrogens (tertiary/aromatic N) is 3. The Morgan fingerprint density at radius 3 is 2.46 bits per heavy atom. The number of ether oxygens (including phenoxy) is 1. The lowest BCUT2D eigenvalue weighted by Gasteiger charge is -2.26. The Bertz CT molecular complexity index is 699. The molecule has 0 unspecified atom stereocenters. The Hall–Kier alpha value is -2.21. The van der Waals surface area contributed by atoms with Crippen molar-refractivity contribution < 1.29 is 9.53 Å². The summed E-state index contributed by atoms with van der Waals surface area (Å²) in [6.07, 6.45) is 0. The number of nitrogens with one attached hydrogen (secondary N) is 1. The van der Waals surface area contributed by atoms with Gasteiger partial charge in [-0.05, 0) is 30.4 Å². The molecule has 0 bridgehead atoms. The van der Waals surface area contributed by atoms with Crippen molar-refractivity contribution in [3.8, 4) is 11.3 Å². The van der Waals surface area contributed by atoms with Gasteiger partial charge in [-0.1, -0.05) is 45.9 Å². The Morgan fingerprint density at radius 1 is 1.15 bits per heavy atom. The summed E-state index contributed by atoms with van der Waals surface area (Å²) in [4.78, 5) is 14.5. The second-order valence-corrected chi connectivity index (χ2v) is 7.42. The number of benzene rings is 1. The highest BCUT2D eigenvalue weighted by atomic mass is 16.5. The van der Waals surface area contributed by atoms with Crippen molar-refractivity contribution in [2.75, 3.05) is 19.7 Å². The maximum Gasteiger partial charge on any atom is 0.361 e. The van der Waals surface area contributed by atoms with Crippen LogP contribution in [-0.4, -0.2) is 46.0 Å². The van der Waals surface area contributed by atoms with Crippen LogP contribution in [0.4, 0.5) is 0 Å². The molecule has 0 amide bonds. The van der Waals surface area contributed by atoms with Gasteiger partial charge in [0.15, 0.2) is 5.69 Å². The highest BCUT2D eigenvalue weighted by molar-refractivity contribution is 5.93. The molecule has 0 saturated heterocycles. The van der Waals surface area contributed by atoms with Crippen LogP contribution in [0.3, 0.4) is 0 Å². The lowest BCUT2D eigenvalue weighted by atomic mass is 10.0. The van der Waals surface area contributed by atoms with Gasteiger partial charge in [0, 0.05) is 25.2 Å². The van der Waals surface area contributed by atoms with Gasteiger partial charge in [-0.25, -0.2) is 4.79 Å². The molecule has 1 N–H and O–H groups in total. The number of carbonyl (C=O) groups excluding carboxylic acids is 1. The summed E-state index contributed by atoms with van der Waals surface area (Å²) in [7, 11) is 0. The zero-order chi connectivity index (χ0) is 19.1. The number of hydrogen-bond donors (Lipinski definition) is 1.